The van der Waals surface area contributed by atoms with Crippen LogP contribution in [0.25, 0.3) is 0 Å². The van der Waals surface area contributed by atoms with Gasteiger partial charge in [0.1, 0.15) is 5.82 Å². The largest absolute Gasteiger partial charge is 0.481 e. The van der Waals surface area contributed by atoms with E-state index < -0.39 is 23.4 Å². The lowest BCUT2D eigenvalue weighted by Crippen LogP contribution is -2.45. The lowest BCUT2D eigenvalue weighted by atomic mass is 9.99. The zero-order valence-corrected chi connectivity index (χ0v) is 13.7. The van der Waals surface area contributed by atoms with Gasteiger partial charge in [0.05, 0.1) is 5.69 Å². The molecular weight excluding hydrogens is 343 g/mol. The highest BCUT2D eigenvalue weighted by molar-refractivity contribution is 9.10. The average Bonchev–Trinajstić information content (AvgIpc) is 2.33. The Morgan fingerprint density at radius 3 is 2.57 bits per heavy atom. The third-order valence-corrected chi connectivity index (χ3v) is 3.77. The maximum Gasteiger partial charge on any atom is 0.319 e. The van der Waals surface area contributed by atoms with Crippen molar-refractivity contribution < 1.29 is 19.1 Å². The van der Waals surface area contributed by atoms with Crippen LogP contribution in [0.2, 0.25) is 0 Å². The summed E-state index contributed by atoms with van der Waals surface area (Å²) in [6.45, 7) is 5.20. The Morgan fingerprint density at radius 2 is 2.00 bits per heavy atom. The molecule has 0 atom stereocenters. The number of halogens is 2. The van der Waals surface area contributed by atoms with Crippen molar-refractivity contribution in [2.75, 3.05) is 5.32 Å². The number of hydrogen-bond donors (Lipinski definition) is 3. The van der Waals surface area contributed by atoms with E-state index >= 15 is 0 Å². The van der Waals surface area contributed by atoms with Crippen LogP contribution in [0.1, 0.15) is 32.3 Å². The van der Waals surface area contributed by atoms with Gasteiger partial charge in [0.2, 0.25) is 0 Å². The van der Waals surface area contributed by atoms with Crippen LogP contribution < -0.4 is 10.6 Å². The van der Waals surface area contributed by atoms with Gasteiger partial charge in [0.25, 0.3) is 0 Å². The summed E-state index contributed by atoms with van der Waals surface area (Å²) in [4.78, 5) is 22.4. The van der Waals surface area contributed by atoms with Gasteiger partial charge in [0.15, 0.2) is 0 Å². The number of carboxylic acid groups (broad SMARTS) is 1. The second-order valence-corrected chi connectivity index (χ2v) is 6.29. The Balaban J connectivity index is 2.69. The molecule has 0 unspecified atom stereocenters. The number of rotatable bonds is 5. The van der Waals surface area contributed by atoms with Crippen LogP contribution in [0, 0.1) is 12.7 Å². The van der Waals surface area contributed by atoms with Crippen LogP contribution in [-0.4, -0.2) is 22.6 Å². The first kappa shape index (κ1) is 17.4. The molecular formula is C14H18BrFN2O3. The highest BCUT2D eigenvalue weighted by atomic mass is 79.9. The Hall–Kier alpha value is -1.63. The summed E-state index contributed by atoms with van der Waals surface area (Å²) in [6.07, 6.45) is 0.219. The number of carboxylic acids is 1. The first-order valence-electron chi connectivity index (χ1n) is 6.37. The van der Waals surface area contributed by atoms with Gasteiger partial charge in [-0.15, -0.1) is 0 Å². The van der Waals surface area contributed by atoms with Crippen molar-refractivity contribution in [3.05, 3.63) is 28.0 Å². The zero-order valence-electron chi connectivity index (χ0n) is 12.1. The molecule has 0 saturated carbocycles. The van der Waals surface area contributed by atoms with Crippen molar-refractivity contribution >= 4 is 33.6 Å². The Labute approximate surface area is 131 Å². The maximum atomic E-state index is 13.7. The van der Waals surface area contributed by atoms with E-state index in [2.05, 4.69) is 26.6 Å². The topological polar surface area (TPSA) is 78.4 Å². The third-order valence-electron chi connectivity index (χ3n) is 2.91. The van der Waals surface area contributed by atoms with Gasteiger partial charge in [-0.05, 0) is 44.9 Å². The lowest BCUT2D eigenvalue weighted by Gasteiger charge is -2.25. The number of carbonyl (C=O) groups excluding carboxylic acids is 1. The van der Waals surface area contributed by atoms with Crippen molar-refractivity contribution in [3.8, 4) is 0 Å². The summed E-state index contributed by atoms with van der Waals surface area (Å²) >= 11 is 3.21. The minimum Gasteiger partial charge on any atom is -0.481 e. The monoisotopic (exact) mass is 360 g/mol. The highest BCUT2D eigenvalue weighted by Crippen LogP contribution is 2.24. The van der Waals surface area contributed by atoms with E-state index in [1.54, 1.807) is 20.8 Å². The van der Waals surface area contributed by atoms with Gasteiger partial charge in [-0.3, -0.25) is 4.79 Å². The van der Waals surface area contributed by atoms with E-state index in [0.717, 1.165) is 5.56 Å². The molecule has 1 aromatic rings. The second kappa shape index (κ2) is 6.89. The van der Waals surface area contributed by atoms with Crippen LogP contribution in [-0.2, 0) is 4.79 Å². The van der Waals surface area contributed by atoms with Crippen molar-refractivity contribution in [2.45, 2.75) is 39.2 Å². The van der Waals surface area contributed by atoms with Crippen LogP contribution in [0.4, 0.5) is 14.9 Å². The van der Waals surface area contributed by atoms with E-state index in [1.807, 2.05) is 0 Å². The molecule has 0 spiro atoms. The molecule has 5 nitrogen and oxygen atoms in total. The number of hydrogen-bond acceptors (Lipinski definition) is 2. The standard InChI is InChI=1S/C14H18BrFN2O3/c1-8-6-11(10(16)7-9(8)15)17-13(21)18-14(2,3)5-4-12(19)20/h6-7H,4-5H2,1-3H3,(H,19,20)(H2,17,18,21). The molecule has 1 aromatic carbocycles. The summed E-state index contributed by atoms with van der Waals surface area (Å²) in [5, 5.41) is 13.7. The van der Waals surface area contributed by atoms with Gasteiger partial charge in [-0.25, -0.2) is 9.18 Å². The molecule has 1 rings (SSSR count). The fourth-order valence-corrected chi connectivity index (χ4v) is 2.01. The van der Waals surface area contributed by atoms with E-state index in [-0.39, 0.29) is 18.5 Å². The van der Waals surface area contributed by atoms with Gasteiger partial charge < -0.3 is 15.7 Å². The fraction of sp³-hybridized carbons (Fsp3) is 0.429. The molecule has 0 heterocycles. The first-order valence-corrected chi connectivity index (χ1v) is 7.16. The molecule has 0 aliphatic heterocycles. The number of anilines is 1. The summed E-state index contributed by atoms with van der Waals surface area (Å²) in [6, 6.07) is 2.22. The predicted octanol–water partition coefficient (Wildman–Crippen LogP) is 3.66. The Kier molecular flexibility index (Phi) is 5.71. The summed E-state index contributed by atoms with van der Waals surface area (Å²) in [5.74, 6) is -1.48. The number of aliphatic carboxylic acids is 1. The number of carbonyl (C=O) groups is 2. The molecule has 3 N–H and O–H groups in total. The lowest BCUT2D eigenvalue weighted by molar-refractivity contribution is -0.137. The van der Waals surface area contributed by atoms with Crippen LogP contribution >= 0.6 is 15.9 Å². The molecule has 0 aliphatic carbocycles. The van der Waals surface area contributed by atoms with Gasteiger partial charge in [-0.2, -0.15) is 0 Å². The molecule has 0 aromatic heterocycles. The summed E-state index contributed by atoms with van der Waals surface area (Å²) in [5.41, 5.74) is 0.155. The molecule has 2 amide bonds. The first-order chi connectivity index (χ1) is 9.60. The Bertz CT molecular complexity index is 561. The van der Waals surface area contributed by atoms with Crippen molar-refractivity contribution in [1.82, 2.24) is 5.32 Å². The summed E-state index contributed by atoms with van der Waals surface area (Å²) in [7, 11) is 0. The highest BCUT2D eigenvalue weighted by Gasteiger charge is 2.22. The smallest absolute Gasteiger partial charge is 0.319 e. The van der Waals surface area contributed by atoms with Gasteiger partial charge in [-0.1, -0.05) is 15.9 Å². The van der Waals surface area contributed by atoms with Crippen LogP contribution in [0.3, 0.4) is 0 Å². The third kappa shape index (κ3) is 5.71. The Morgan fingerprint density at radius 1 is 1.38 bits per heavy atom. The normalized spacial score (nSPS) is 11.1. The number of nitrogens with one attached hydrogen (secondary N) is 2. The van der Waals surface area contributed by atoms with E-state index in [0.29, 0.717) is 4.47 Å². The molecule has 0 aliphatic rings. The minimum absolute atomic E-state index is 0.0565. The van der Waals surface area contributed by atoms with Crippen molar-refractivity contribution in [1.29, 1.82) is 0 Å². The quantitative estimate of drug-likeness (QED) is 0.749. The molecule has 0 radical (unpaired) electrons. The van der Waals surface area contributed by atoms with Crippen molar-refractivity contribution in [2.24, 2.45) is 0 Å². The van der Waals surface area contributed by atoms with Gasteiger partial charge in [0, 0.05) is 16.4 Å². The number of benzene rings is 1. The van der Waals surface area contributed by atoms with E-state index in [4.69, 9.17) is 5.11 Å². The van der Waals surface area contributed by atoms with E-state index in [1.165, 1.54) is 12.1 Å². The fourth-order valence-electron chi connectivity index (χ4n) is 1.70. The average molecular weight is 361 g/mol. The van der Waals surface area contributed by atoms with Crippen molar-refractivity contribution in [3.63, 3.8) is 0 Å². The number of urea groups is 1. The SMILES string of the molecule is Cc1cc(NC(=O)NC(C)(C)CCC(=O)O)c(F)cc1Br. The van der Waals surface area contributed by atoms with Gasteiger partial charge >= 0.3 is 12.0 Å². The molecule has 116 valence electrons. The second-order valence-electron chi connectivity index (χ2n) is 5.44. The van der Waals surface area contributed by atoms with E-state index in [9.17, 15) is 14.0 Å². The van der Waals surface area contributed by atoms with Crippen LogP contribution in [0.15, 0.2) is 16.6 Å². The zero-order chi connectivity index (χ0) is 16.2. The molecule has 0 fully saturated rings. The maximum absolute atomic E-state index is 13.7. The van der Waals surface area contributed by atoms with Crippen LogP contribution in [0.5, 0.6) is 0 Å². The predicted molar refractivity (Wildman–Crippen MR) is 81.9 cm³/mol. The minimum atomic E-state index is -0.931. The number of aryl methyl sites for hydroxylation is 1. The molecule has 21 heavy (non-hydrogen) atoms. The molecule has 0 bridgehead atoms. The molecule has 0 saturated heterocycles. The molecule has 7 heteroatoms. The number of amides is 2. The summed E-state index contributed by atoms with van der Waals surface area (Å²) < 4.78 is 14.3.